The van der Waals surface area contributed by atoms with Gasteiger partial charge in [-0.2, -0.15) is 0 Å². The molecule has 4 heteroatoms. The van der Waals surface area contributed by atoms with Crippen molar-refractivity contribution in [3.8, 4) is 0 Å². The van der Waals surface area contributed by atoms with Crippen LogP contribution < -0.4 is 0 Å². The van der Waals surface area contributed by atoms with Gasteiger partial charge in [0.1, 0.15) is 6.61 Å². The number of allylic oxidation sites excluding steroid dienone is 2. The molecule has 0 aliphatic heterocycles. The van der Waals surface area contributed by atoms with Crippen LogP contribution in [0.2, 0.25) is 0 Å². The number of carbonyl (C=O) groups is 2. The lowest BCUT2D eigenvalue weighted by Gasteiger charge is -2.13. The van der Waals surface area contributed by atoms with Crippen molar-refractivity contribution in [1.29, 1.82) is 0 Å². The van der Waals surface area contributed by atoms with Crippen LogP contribution in [0.25, 0.3) is 0 Å². The highest BCUT2D eigenvalue weighted by atomic mass is 16.5. The van der Waals surface area contributed by atoms with Crippen LogP contribution in [0.15, 0.2) is 24.8 Å². The summed E-state index contributed by atoms with van der Waals surface area (Å²) in [6, 6.07) is 0. The number of ether oxygens (including phenoxy) is 1. The number of hydrogen-bond donors (Lipinski definition) is 1. The molecular formula is C30H54O4. The van der Waals surface area contributed by atoms with Crippen LogP contribution in [-0.4, -0.2) is 23.7 Å². The molecule has 0 fully saturated rings. The minimum atomic E-state index is -0.946. The van der Waals surface area contributed by atoms with Gasteiger partial charge >= 0.3 is 11.9 Å². The van der Waals surface area contributed by atoms with E-state index < -0.39 is 17.9 Å². The molecule has 0 spiro atoms. The van der Waals surface area contributed by atoms with Gasteiger partial charge < -0.3 is 9.84 Å². The summed E-state index contributed by atoms with van der Waals surface area (Å²) in [5.41, 5.74) is 0. The van der Waals surface area contributed by atoms with E-state index in [1.54, 1.807) is 0 Å². The summed E-state index contributed by atoms with van der Waals surface area (Å²) in [5.74, 6) is -1.90. The third kappa shape index (κ3) is 23.6. The lowest BCUT2D eigenvalue weighted by Crippen LogP contribution is -2.21. The first-order valence-electron chi connectivity index (χ1n) is 14.3. The third-order valence-electron chi connectivity index (χ3n) is 6.41. The van der Waals surface area contributed by atoms with Gasteiger partial charge in [-0.05, 0) is 32.1 Å². The molecule has 0 aliphatic rings. The van der Waals surface area contributed by atoms with Crippen molar-refractivity contribution in [2.75, 3.05) is 6.61 Å². The first kappa shape index (κ1) is 32.4. The van der Waals surface area contributed by atoms with Crippen molar-refractivity contribution in [2.24, 2.45) is 5.92 Å². The Labute approximate surface area is 210 Å². The summed E-state index contributed by atoms with van der Waals surface area (Å²) in [5, 5.41) is 9.00. The lowest BCUT2D eigenvalue weighted by molar-refractivity contribution is -0.152. The highest BCUT2D eigenvalue weighted by Gasteiger charge is 2.22. The van der Waals surface area contributed by atoms with Gasteiger partial charge in [0.05, 0.1) is 12.3 Å². The number of rotatable bonds is 26. The van der Waals surface area contributed by atoms with E-state index in [0.717, 1.165) is 19.3 Å². The molecule has 198 valence electrons. The molecule has 0 aromatic rings. The molecule has 0 rings (SSSR count). The number of aliphatic carboxylic acids is 1. The zero-order valence-corrected chi connectivity index (χ0v) is 22.2. The summed E-state index contributed by atoms with van der Waals surface area (Å²) in [7, 11) is 0. The molecule has 1 N–H and O–H groups in total. The molecule has 1 unspecified atom stereocenters. The van der Waals surface area contributed by atoms with E-state index >= 15 is 0 Å². The third-order valence-corrected chi connectivity index (χ3v) is 6.41. The van der Waals surface area contributed by atoms with E-state index in [-0.39, 0.29) is 13.0 Å². The molecule has 0 aromatic heterocycles. The maximum absolute atomic E-state index is 11.9. The fraction of sp³-hybridized carbons (Fsp3) is 0.800. The van der Waals surface area contributed by atoms with Crippen LogP contribution in [0.1, 0.15) is 142 Å². The van der Waals surface area contributed by atoms with Gasteiger partial charge in [0.2, 0.25) is 0 Å². The average molecular weight is 479 g/mol. The smallest absolute Gasteiger partial charge is 0.309 e. The van der Waals surface area contributed by atoms with Crippen LogP contribution in [-0.2, 0) is 14.3 Å². The van der Waals surface area contributed by atoms with Crippen LogP contribution in [0.3, 0.4) is 0 Å². The molecule has 0 bridgehead atoms. The van der Waals surface area contributed by atoms with E-state index in [9.17, 15) is 9.59 Å². The second-order valence-corrected chi connectivity index (χ2v) is 9.71. The predicted molar refractivity (Wildman–Crippen MR) is 144 cm³/mol. The van der Waals surface area contributed by atoms with Crippen LogP contribution >= 0.6 is 0 Å². The maximum atomic E-state index is 11.9. The van der Waals surface area contributed by atoms with Crippen LogP contribution in [0.5, 0.6) is 0 Å². The van der Waals surface area contributed by atoms with Crippen molar-refractivity contribution in [3.05, 3.63) is 24.8 Å². The predicted octanol–water partition coefficient (Wildman–Crippen LogP) is 9.18. The number of carboxylic acid groups (broad SMARTS) is 1. The molecule has 0 amide bonds. The average Bonchev–Trinajstić information content (AvgIpc) is 2.82. The maximum Gasteiger partial charge on any atom is 0.309 e. The van der Waals surface area contributed by atoms with E-state index in [2.05, 4.69) is 25.7 Å². The highest BCUT2D eigenvalue weighted by molar-refractivity contribution is 5.79. The molecule has 1 atom stereocenters. The van der Waals surface area contributed by atoms with Gasteiger partial charge in [-0.1, -0.05) is 128 Å². The summed E-state index contributed by atoms with van der Waals surface area (Å²) in [6.07, 6.45) is 31.2. The largest absolute Gasteiger partial charge is 0.481 e. The van der Waals surface area contributed by atoms with Crippen molar-refractivity contribution in [2.45, 2.75) is 142 Å². The van der Waals surface area contributed by atoms with E-state index in [1.807, 2.05) is 0 Å². The minimum Gasteiger partial charge on any atom is -0.481 e. The number of carboxylic acids is 1. The molecule has 0 heterocycles. The Hall–Kier alpha value is -1.58. The summed E-state index contributed by atoms with van der Waals surface area (Å²) >= 11 is 0. The zero-order chi connectivity index (χ0) is 25.1. The number of unbranched alkanes of at least 4 members (excludes halogenated alkanes) is 17. The van der Waals surface area contributed by atoms with Crippen molar-refractivity contribution >= 4 is 11.9 Å². The van der Waals surface area contributed by atoms with E-state index in [1.165, 1.54) is 109 Å². The first-order chi connectivity index (χ1) is 16.6. The van der Waals surface area contributed by atoms with Crippen molar-refractivity contribution in [3.63, 3.8) is 0 Å². The Morgan fingerprint density at radius 3 is 1.62 bits per heavy atom. The molecule has 0 aliphatic carbocycles. The summed E-state index contributed by atoms with van der Waals surface area (Å²) < 4.78 is 5.03. The number of carbonyl (C=O) groups excluding carboxylic acids is 1. The monoisotopic (exact) mass is 478 g/mol. The quantitative estimate of drug-likeness (QED) is 0.0764. The van der Waals surface area contributed by atoms with E-state index in [0.29, 0.717) is 6.42 Å². The number of esters is 1. The SMILES string of the molecule is C=CCOC(=O)C(CCCCCCCCC/C=C/CCCCCCCCCCCC)CC(=O)O. The molecule has 0 aromatic carbocycles. The lowest BCUT2D eigenvalue weighted by atomic mass is 9.97. The second kappa shape index (κ2) is 26.0. The molecule has 0 saturated heterocycles. The Bertz CT molecular complexity index is 512. The normalized spacial score (nSPS) is 12.1. The molecule has 0 radical (unpaired) electrons. The molecule has 34 heavy (non-hydrogen) atoms. The summed E-state index contributed by atoms with van der Waals surface area (Å²) in [6.45, 7) is 5.93. The van der Waals surface area contributed by atoms with Crippen LogP contribution in [0.4, 0.5) is 0 Å². The Kier molecular flexibility index (Phi) is 24.8. The molecule has 0 saturated carbocycles. The van der Waals surface area contributed by atoms with Crippen LogP contribution in [0, 0.1) is 5.92 Å². The van der Waals surface area contributed by atoms with Gasteiger partial charge in [-0.25, -0.2) is 0 Å². The van der Waals surface area contributed by atoms with Crippen molar-refractivity contribution in [1.82, 2.24) is 0 Å². The first-order valence-corrected chi connectivity index (χ1v) is 14.3. The number of hydrogen-bond acceptors (Lipinski definition) is 3. The van der Waals surface area contributed by atoms with Gasteiger partial charge in [0.25, 0.3) is 0 Å². The Balaban J connectivity index is 3.46. The van der Waals surface area contributed by atoms with Gasteiger partial charge in [-0.15, -0.1) is 0 Å². The minimum absolute atomic E-state index is 0.142. The second-order valence-electron chi connectivity index (χ2n) is 9.71. The fourth-order valence-corrected chi connectivity index (χ4v) is 4.30. The van der Waals surface area contributed by atoms with Gasteiger partial charge in [-0.3, -0.25) is 9.59 Å². The molecular weight excluding hydrogens is 424 g/mol. The van der Waals surface area contributed by atoms with Gasteiger partial charge in [0, 0.05) is 0 Å². The summed E-state index contributed by atoms with van der Waals surface area (Å²) in [4.78, 5) is 22.9. The zero-order valence-electron chi connectivity index (χ0n) is 22.2. The van der Waals surface area contributed by atoms with E-state index in [4.69, 9.17) is 9.84 Å². The van der Waals surface area contributed by atoms with Gasteiger partial charge in [0.15, 0.2) is 0 Å². The topological polar surface area (TPSA) is 63.6 Å². The Morgan fingerprint density at radius 2 is 1.18 bits per heavy atom. The van der Waals surface area contributed by atoms with Crippen molar-refractivity contribution < 1.29 is 19.4 Å². The standard InChI is InChI=1S/C30H54O4/c1-3-5-6-7-8-9-10-11-12-13-14-15-16-17-18-19-20-21-22-23-24-25-28(27-29(31)32)30(33)34-26-4-2/h4,15-16,28H,2-3,5-14,17-27H2,1H3,(H,31,32)/b16-15+. The molecule has 4 nitrogen and oxygen atoms in total. The fourth-order valence-electron chi connectivity index (χ4n) is 4.30. The Morgan fingerprint density at radius 1 is 0.735 bits per heavy atom. The highest BCUT2D eigenvalue weighted by Crippen LogP contribution is 2.18.